The molecule has 0 radical (unpaired) electrons. The lowest BCUT2D eigenvalue weighted by molar-refractivity contribution is -0.117. The standard InChI is InChI=1S/C25H21NO7S/c1-32-19-14-12-18(13-15-19)26-21(16-8-10-17(11-9-16)25(29)33-2)23(22(27)24(26)28)34(30,31)20-6-4-3-5-7-20/h3-15,21,27H,1-2H3/t21-/m1/s1. The first-order valence-corrected chi connectivity index (χ1v) is 11.7. The lowest BCUT2D eigenvalue weighted by Gasteiger charge is -2.27. The summed E-state index contributed by atoms with van der Waals surface area (Å²) in [7, 11) is -1.50. The molecule has 3 aromatic rings. The van der Waals surface area contributed by atoms with Crippen LogP contribution in [0.3, 0.4) is 0 Å². The second kappa shape index (κ2) is 9.03. The lowest BCUT2D eigenvalue weighted by Crippen LogP contribution is -2.31. The molecule has 0 saturated heterocycles. The van der Waals surface area contributed by atoms with E-state index in [-0.39, 0.29) is 10.5 Å². The lowest BCUT2D eigenvalue weighted by atomic mass is 10.0. The number of ether oxygens (including phenoxy) is 2. The van der Waals surface area contributed by atoms with Crippen molar-refractivity contribution in [3.63, 3.8) is 0 Å². The van der Waals surface area contributed by atoms with Gasteiger partial charge in [-0.2, -0.15) is 0 Å². The Morgan fingerprint density at radius 3 is 2.09 bits per heavy atom. The molecule has 0 unspecified atom stereocenters. The van der Waals surface area contributed by atoms with Crippen LogP contribution < -0.4 is 9.64 Å². The van der Waals surface area contributed by atoms with Crippen molar-refractivity contribution in [3.8, 4) is 5.75 Å². The van der Waals surface area contributed by atoms with Crippen LogP contribution in [0, 0.1) is 0 Å². The van der Waals surface area contributed by atoms with Crippen LogP contribution >= 0.6 is 0 Å². The Morgan fingerprint density at radius 1 is 0.912 bits per heavy atom. The van der Waals surface area contributed by atoms with Crippen LogP contribution in [-0.4, -0.2) is 39.6 Å². The second-order valence-electron chi connectivity index (χ2n) is 7.42. The molecule has 1 aliphatic rings. The first-order chi connectivity index (χ1) is 16.3. The average Bonchev–Trinajstić information content (AvgIpc) is 3.15. The molecule has 1 amide bonds. The maximum absolute atomic E-state index is 13.6. The van der Waals surface area contributed by atoms with E-state index in [1.54, 1.807) is 42.5 Å². The number of esters is 1. The molecular formula is C25H21NO7S. The van der Waals surface area contributed by atoms with Gasteiger partial charge >= 0.3 is 5.97 Å². The van der Waals surface area contributed by atoms with Crippen molar-refractivity contribution in [2.24, 2.45) is 0 Å². The van der Waals surface area contributed by atoms with Gasteiger partial charge in [-0.05, 0) is 54.1 Å². The van der Waals surface area contributed by atoms with Crippen molar-refractivity contribution in [2.75, 3.05) is 19.1 Å². The van der Waals surface area contributed by atoms with Gasteiger partial charge in [-0.15, -0.1) is 0 Å². The summed E-state index contributed by atoms with van der Waals surface area (Å²) in [5.41, 5.74) is 1.00. The van der Waals surface area contributed by atoms with Gasteiger partial charge in [-0.1, -0.05) is 30.3 Å². The molecule has 0 spiro atoms. The van der Waals surface area contributed by atoms with Crippen molar-refractivity contribution in [2.45, 2.75) is 10.9 Å². The normalized spacial score (nSPS) is 16.0. The molecule has 9 heteroatoms. The Labute approximate surface area is 196 Å². The van der Waals surface area contributed by atoms with E-state index in [0.29, 0.717) is 17.0 Å². The van der Waals surface area contributed by atoms with Crippen molar-refractivity contribution in [1.29, 1.82) is 0 Å². The van der Waals surface area contributed by atoms with E-state index in [4.69, 9.17) is 9.47 Å². The monoisotopic (exact) mass is 479 g/mol. The molecule has 0 fully saturated rings. The highest BCUT2D eigenvalue weighted by Gasteiger charge is 2.47. The minimum Gasteiger partial charge on any atom is -0.502 e. The zero-order valence-electron chi connectivity index (χ0n) is 18.3. The highest BCUT2D eigenvalue weighted by atomic mass is 32.2. The number of hydrogen-bond acceptors (Lipinski definition) is 7. The fraction of sp³-hybridized carbons (Fsp3) is 0.120. The molecule has 174 valence electrons. The zero-order valence-corrected chi connectivity index (χ0v) is 19.2. The summed E-state index contributed by atoms with van der Waals surface area (Å²) in [6.45, 7) is 0. The van der Waals surface area contributed by atoms with Crippen molar-refractivity contribution in [1.82, 2.24) is 0 Å². The van der Waals surface area contributed by atoms with Crippen LogP contribution in [0.5, 0.6) is 5.75 Å². The van der Waals surface area contributed by atoms with Crippen molar-refractivity contribution < 1.29 is 32.6 Å². The van der Waals surface area contributed by atoms with Crippen LogP contribution in [0.1, 0.15) is 22.0 Å². The predicted molar refractivity (Wildman–Crippen MR) is 124 cm³/mol. The number of amides is 1. The SMILES string of the molecule is COC(=O)c1ccc([C@@H]2C(S(=O)(=O)c3ccccc3)=C(O)C(=O)N2c2ccc(OC)cc2)cc1. The van der Waals surface area contributed by atoms with Crippen LogP contribution in [0.2, 0.25) is 0 Å². The van der Waals surface area contributed by atoms with Crippen molar-refractivity contribution >= 4 is 27.4 Å². The first-order valence-electron chi connectivity index (χ1n) is 10.2. The number of anilines is 1. The van der Waals surface area contributed by atoms with Gasteiger partial charge < -0.3 is 14.6 Å². The smallest absolute Gasteiger partial charge is 0.337 e. The average molecular weight is 480 g/mol. The number of nitrogens with zero attached hydrogens (tertiary/aromatic N) is 1. The topological polar surface area (TPSA) is 110 Å². The number of methoxy groups -OCH3 is 2. The van der Waals surface area contributed by atoms with E-state index < -0.39 is 38.4 Å². The number of aliphatic hydroxyl groups is 1. The molecule has 1 atom stereocenters. The molecule has 3 aromatic carbocycles. The number of hydrogen-bond donors (Lipinski definition) is 1. The van der Waals surface area contributed by atoms with E-state index in [2.05, 4.69) is 0 Å². The second-order valence-corrected chi connectivity index (χ2v) is 9.34. The fourth-order valence-electron chi connectivity index (χ4n) is 3.81. The molecule has 0 bridgehead atoms. The molecule has 0 aromatic heterocycles. The minimum absolute atomic E-state index is 0.0582. The largest absolute Gasteiger partial charge is 0.502 e. The quantitative estimate of drug-likeness (QED) is 0.535. The molecule has 0 aliphatic carbocycles. The predicted octanol–water partition coefficient (Wildman–Crippen LogP) is 3.81. The number of aliphatic hydroxyl groups excluding tert-OH is 1. The third kappa shape index (κ3) is 3.90. The summed E-state index contributed by atoms with van der Waals surface area (Å²) in [5, 5.41) is 10.8. The van der Waals surface area contributed by atoms with Gasteiger partial charge in [0.25, 0.3) is 5.91 Å². The Hall–Kier alpha value is -4.11. The first kappa shape index (κ1) is 23.1. The Bertz CT molecular complexity index is 1360. The van der Waals surface area contributed by atoms with Gasteiger partial charge in [0.1, 0.15) is 16.7 Å². The summed E-state index contributed by atoms with van der Waals surface area (Å²) in [4.78, 5) is 25.8. The number of carbonyl (C=O) groups is 2. The van der Waals surface area contributed by atoms with Gasteiger partial charge in [-0.25, -0.2) is 13.2 Å². The molecule has 1 N–H and O–H groups in total. The summed E-state index contributed by atoms with van der Waals surface area (Å²) in [6, 6.07) is 18.8. The Balaban J connectivity index is 1.90. The highest BCUT2D eigenvalue weighted by Crippen LogP contribution is 2.45. The fourth-order valence-corrected chi connectivity index (χ4v) is 5.46. The van der Waals surface area contributed by atoms with Gasteiger partial charge in [0.05, 0.1) is 24.7 Å². The molecule has 0 saturated carbocycles. The van der Waals surface area contributed by atoms with E-state index in [9.17, 15) is 23.1 Å². The summed E-state index contributed by atoms with van der Waals surface area (Å²) < 4.78 is 37.1. The van der Waals surface area contributed by atoms with E-state index >= 15 is 0 Å². The Morgan fingerprint density at radius 2 is 1.53 bits per heavy atom. The van der Waals surface area contributed by atoms with Crippen LogP contribution in [-0.2, 0) is 19.4 Å². The van der Waals surface area contributed by atoms with Crippen LogP contribution in [0.15, 0.2) is 94.4 Å². The highest BCUT2D eigenvalue weighted by molar-refractivity contribution is 7.95. The third-order valence-corrected chi connectivity index (χ3v) is 7.39. The van der Waals surface area contributed by atoms with E-state index in [1.165, 1.54) is 55.5 Å². The molecule has 4 rings (SSSR count). The molecule has 34 heavy (non-hydrogen) atoms. The number of carbonyl (C=O) groups excluding carboxylic acids is 2. The molecule has 8 nitrogen and oxygen atoms in total. The zero-order chi connectivity index (χ0) is 24.5. The maximum Gasteiger partial charge on any atom is 0.337 e. The van der Waals surface area contributed by atoms with Crippen LogP contribution in [0.4, 0.5) is 5.69 Å². The van der Waals surface area contributed by atoms with Gasteiger partial charge in [0.15, 0.2) is 5.76 Å². The summed E-state index contributed by atoms with van der Waals surface area (Å²) >= 11 is 0. The molecule has 1 heterocycles. The van der Waals surface area contributed by atoms with Gasteiger partial charge in [0.2, 0.25) is 9.84 Å². The van der Waals surface area contributed by atoms with E-state index in [0.717, 1.165) is 0 Å². The molecule has 1 aliphatic heterocycles. The number of rotatable bonds is 6. The third-order valence-electron chi connectivity index (χ3n) is 5.50. The van der Waals surface area contributed by atoms with E-state index in [1.807, 2.05) is 0 Å². The number of sulfone groups is 1. The summed E-state index contributed by atoms with van der Waals surface area (Å²) in [5.74, 6) is -1.73. The van der Waals surface area contributed by atoms with Crippen LogP contribution in [0.25, 0.3) is 0 Å². The van der Waals surface area contributed by atoms with Gasteiger partial charge in [-0.3, -0.25) is 9.69 Å². The van der Waals surface area contributed by atoms with Crippen molar-refractivity contribution in [3.05, 3.63) is 101 Å². The Kier molecular flexibility index (Phi) is 6.12. The minimum atomic E-state index is -4.25. The maximum atomic E-state index is 13.6. The number of benzene rings is 3. The van der Waals surface area contributed by atoms with Gasteiger partial charge in [0, 0.05) is 5.69 Å². The molecular weight excluding hydrogens is 458 g/mol. The summed E-state index contributed by atoms with van der Waals surface area (Å²) in [6.07, 6.45) is 0.